The van der Waals surface area contributed by atoms with Gasteiger partial charge in [0.1, 0.15) is 5.15 Å². The fraction of sp³-hybridized carbons (Fsp3) is 0.188. The van der Waals surface area contributed by atoms with Crippen LogP contribution >= 0.6 is 23.2 Å². The van der Waals surface area contributed by atoms with E-state index in [2.05, 4.69) is 20.9 Å². The maximum absolute atomic E-state index is 12.1. The van der Waals surface area contributed by atoms with Gasteiger partial charge in [-0.05, 0) is 43.2 Å². The van der Waals surface area contributed by atoms with Gasteiger partial charge in [0.15, 0.2) is 0 Å². The molecule has 1 saturated carbocycles. The van der Waals surface area contributed by atoms with Crippen molar-refractivity contribution in [2.75, 3.05) is 10.6 Å². The zero-order valence-electron chi connectivity index (χ0n) is 12.5. The van der Waals surface area contributed by atoms with Gasteiger partial charge in [-0.25, -0.2) is 9.78 Å². The summed E-state index contributed by atoms with van der Waals surface area (Å²) < 4.78 is 0. The van der Waals surface area contributed by atoms with Crippen molar-refractivity contribution in [2.45, 2.75) is 18.9 Å². The van der Waals surface area contributed by atoms with E-state index in [0.29, 0.717) is 23.0 Å². The number of nitrogens with zero attached hydrogens (tertiary/aromatic N) is 1. The minimum Gasteiger partial charge on any atom is -0.335 e. The summed E-state index contributed by atoms with van der Waals surface area (Å²) in [4.78, 5) is 27.6. The molecular weight excluding hydrogens is 351 g/mol. The van der Waals surface area contributed by atoms with Gasteiger partial charge in [-0.1, -0.05) is 23.2 Å². The van der Waals surface area contributed by atoms with E-state index in [9.17, 15) is 9.59 Å². The van der Waals surface area contributed by atoms with Crippen LogP contribution in [0.2, 0.25) is 10.2 Å². The minimum atomic E-state index is -0.353. The van der Waals surface area contributed by atoms with Gasteiger partial charge < -0.3 is 16.0 Å². The Morgan fingerprint density at radius 2 is 1.67 bits per heavy atom. The molecule has 0 atom stereocenters. The van der Waals surface area contributed by atoms with Crippen LogP contribution in [0.3, 0.4) is 0 Å². The molecule has 1 fully saturated rings. The van der Waals surface area contributed by atoms with Crippen LogP contribution in [0, 0.1) is 0 Å². The first kappa shape index (κ1) is 16.5. The summed E-state index contributed by atoms with van der Waals surface area (Å²) in [5.74, 6) is -0.353. The van der Waals surface area contributed by atoms with Crippen molar-refractivity contribution in [1.82, 2.24) is 10.3 Å². The summed E-state index contributed by atoms with van der Waals surface area (Å²) >= 11 is 11.6. The van der Waals surface area contributed by atoms with E-state index in [1.165, 1.54) is 12.3 Å². The molecule has 24 heavy (non-hydrogen) atoms. The molecule has 8 heteroatoms. The summed E-state index contributed by atoms with van der Waals surface area (Å²) in [5.41, 5.74) is 1.52. The molecule has 3 amide bonds. The Bertz CT molecular complexity index is 776. The number of hydrogen-bond donors (Lipinski definition) is 3. The summed E-state index contributed by atoms with van der Waals surface area (Å²) in [7, 11) is 0. The molecule has 0 aliphatic heterocycles. The van der Waals surface area contributed by atoms with Gasteiger partial charge in [-0.2, -0.15) is 0 Å². The highest BCUT2D eigenvalue weighted by Gasteiger charge is 2.23. The molecule has 124 valence electrons. The average molecular weight is 365 g/mol. The second kappa shape index (κ2) is 7.07. The Morgan fingerprint density at radius 3 is 2.25 bits per heavy atom. The first-order valence-electron chi connectivity index (χ1n) is 7.31. The van der Waals surface area contributed by atoms with Gasteiger partial charge in [0, 0.05) is 23.6 Å². The normalized spacial score (nSPS) is 13.2. The largest absolute Gasteiger partial charge is 0.335 e. The third-order valence-electron chi connectivity index (χ3n) is 3.37. The Kier molecular flexibility index (Phi) is 4.87. The average Bonchev–Trinajstić information content (AvgIpc) is 3.35. The smallest absolute Gasteiger partial charge is 0.319 e. The van der Waals surface area contributed by atoms with Crippen LogP contribution in [0.1, 0.15) is 23.2 Å². The van der Waals surface area contributed by atoms with Crippen LogP contribution < -0.4 is 16.0 Å². The van der Waals surface area contributed by atoms with Crippen molar-refractivity contribution >= 4 is 46.5 Å². The number of pyridine rings is 1. The number of anilines is 2. The van der Waals surface area contributed by atoms with Crippen LogP contribution in [0.4, 0.5) is 16.2 Å². The SMILES string of the molecule is O=C(Nc1ccc(NC(=O)c2cnc(Cl)c(Cl)c2)cc1)NC1CC1. The number of carbonyl (C=O) groups excluding carboxylic acids is 2. The topological polar surface area (TPSA) is 83.1 Å². The van der Waals surface area contributed by atoms with E-state index >= 15 is 0 Å². The lowest BCUT2D eigenvalue weighted by Crippen LogP contribution is -2.30. The minimum absolute atomic E-state index is 0.146. The molecule has 0 unspecified atom stereocenters. The van der Waals surface area contributed by atoms with Crippen molar-refractivity contribution in [3.8, 4) is 0 Å². The number of rotatable bonds is 4. The number of benzene rings is 1. The standard InChI is InChI=1S/C16H14Cl2N4O2/c17-13-7-9(8-19-14(13)18)15(23)20-10-1-3-11(4-2-10)21-16(24)22-12-5-6-12/h1-4,7-8,12H,5-6H2,(H,20,23)(H2,21,22,24). The van der Waals surface area contributed by atoms with Crippen LogP contribution in [0.5, 0.6) is 0 Å². The molecule has 0 spiro atoms. The van der Waals surface area contributed by atoms with Crippen molar-refractivity contribution < 1.29 is 9.59 Å². The first-order valence-corrected chi connectivity index (χ1v) is 8.07. The second-order valence-corrected chi connectivity index (χ2v) is 6.17. The van der Waals surface area contributed by atoms with Gasteiger partial charge in [0.25, 0.3) is 5.91 Å². The Balaban J connectivity index is 1.59. The monoisotopic (exact) mass is 364 g/mol. The quantitative estimate of drug-likeness (QED) is 0.718. The molecule has 0 saturated heterocycles. The van der Waals surface area contributed by atoms with Gasteiger partial charge in [0.2, 0.25) is 0 Å². The molecule has 1 aliphatic carbocycles. The van der Waals surface area contributed by atoms with Gasteiger partial charge in [-0.15, -0.1) is 0 Å². The molecule has 1 aromatic carbocycles. The van der Waals surface area contributed by atoms with Crippen molar-refractivity contribution in [3.05, 3.63) is 52.3 Å². The summed E-state index contributed by atoms with van der Waals surface area (Å²) in [6.07, 6.45) is 3.41. The first-order chi connectivity index (χ1) is 11.5. The lowest BCUT2D eigenvalue weighted by molar-refractivity contribution is 0.102. The third-order valence-corrected chi connectivity index (χ3v) is 4.06. The second-order valence-electron chi connectivity index (χ2n) is 5.40. The van der Waals surface area contributed by atoms with E-state index in [-0.39, 0.29) is 22.1 Å². The number of aromatic nitrogens is 1. The zero-order chi connectivity index (χ0) is 17.1. The molecular formula is C16H14Cl2N4O2. The van der Waals surface area contributed by atoms with Crippen LogP contribution in [0.25, 0.3) is 0 Å². The van der Waals surface area contributed by atoms with E-state index in [1.807, 2.05) is 0 Å². The molecule has 0 bridgehead atoms. The van der Waals surface area contributed by atoms with Crippen molar-refractivity contribution in [1.29, 1.82) is 0 Å². The Labute approximate surface area is 148 Å². The van der Waals surface area contributed by atoms with Crippen molar-refractivity contribution in [2.24, 2.45) is 0 Å². The maximum Gasteiger partial charge on any atom is 0.319 e. The number of halogens is 2. The van der Waals surface area contributed by atoms with Crippen LogP contribution in [-0.4, -0.2) is 23.0 Å². The molecule has 1 aromatic heterocycles. The summed E-state index contributed by atoms with van der Waals surface area (Å²) in [6, 6.07) is 8.31. The molecule has 1 heterocycles. The van der Waals surface area contributed by atoms with Crippen LogP contribution in [-0.2, 0) is 0 Å². The fourth-order valence-electron chi connectivity index (χ4n) is 1.97. The number of urea groups is 1. The van der Waals surface area contributed by atoms with Gasteiger partial charge in [-0.3, -0.25) is 4.79 Å². The lowest BCUT2D eigenvalue weighted by Gasteiger charge is -2.09. The lowest BCUT2D eigenvalue weighted by atomic mass is 10.2. The molecule has 3 N–H and O–H groups in total. The third kappa shape index (κ3) is 4.37. The molecule has 2 aromatic rings. The van der Waals surface area contributed by atoms with Crippen molar-refractivity contribution in [3.63, 3.8) is 0 Å². The van der Waals surface area contributed by atoms with Crippen LogP contribution in [0.15, 0.2) is 36.5 Å². The number of nitrogens with one attached hydrogen (secondary N) is 3. The van der Waals surface area contributed by atoms with E-state index in [1.54, 1.807) is 24.3 Å². The number of amides is 3. The molecule has 3 rings (SSSR count). The molecule has 6 nitrogen and oxygen atoms in total. The highest BCUT2D eigenvalue weighted by atomic mass is 35.5. The Hall–Kier alpha value is -2.31. The van der Waals surface area contributed by atoms with E-state index in [0.717, 1.165) is 12.8 Å². The number of carbonyl (C=O) groups is 2. The summed E-state index contributed by atoms with van der Waals surface area (Å²) in [6.45, 7) is 0. The maximum atomic E-state index is 12.1. The summed E-state index contributed by atoms with van der Waals surface area (Å²) in [5, 5.41) is 8.64. The van der Waals surface area contributed by atoms with E-state index in [4.69, 9.17) is 23.2 Å². The Morgan fingerprint density at radius 1 is 1.04 bits per heavy atom. The highest BCUT2D eigenvalue weighted by Crippen LogP contribution is 2.21. The molecule has 0 radical (unpaired) electrons. The fourth-order valence-corrected chi connectivity index (χ4v) is 2.24. The highest BCUT2D eigenvalue weighted by molar-refractivity contribution is 6.41. The molecule has 1 aliphatic rings. The number of hydrogen-bond acceptors (Lipinski definition) is 3. The van der Waals surface area contributed by atoms with Gasteiger partial charge in [0.05, 0.1) is 10.6 Å². The van der Waals surface area contributed by atoms with E-state index < -0.39 is 0 Å². The van der Waals surface area contributed by atoms with Gasteiger partial charge >= 0.3 is 6.03 Å². The predicted molar refractivity (Wildman–Crippen MR) is 93.8 cm³/mol. The predicted octanol–water partition coefficient (Wildman–Crippen LogP) is 3.92. The zero-order valence-corrected chi connectivity index (χ0v) is 14.0.